The molecular formula is C44H48O3. The molecule has 0 spiro atoms. The first kappa shape index (κ1) is 25.6. The smallest absolute Gasteiger partial charge is 0.147 e. The highest BCUT2D eigenvalue weighted by Gasteiger charge is 2.97. The molecule has 242 valence electrons. The lowest BCUT2D eigenvalue weighted by molar-refractivity contribution is -0.439. The van der Waals surface area contributed by atoms with Crippen LogP contribution in [0.1, 0.15) is 69.9 Å². The van der Waals surface area contributed by atoms with E-state index in [1.807, 2.05) is 14.2 Å². The molecule has 0 N–H and O–H groups in total. The lowest BCUT2D eigenvalue weighted by Crippen LogP contribution is -2.87. The summed E-state index contributed by atoms with van der Waals surface area (Å²) in [6, 6.07) is 8.83. The van der Waals surface area contributed by atoms with Crippen molar-refractivity contribution in [2.24, 2.45) is 116 Å². The van der Waals surface area contributed by atoms with Crippen molar-refractivity contribution < 1.29 is 14.3 Å². The lowest BCUT2D eigenvalue weighted by Gasteiger charge is -2.91. The topological polar surface area (TPSA) is 35.5 Å². The normalized spacial score (nSPS) is 64.4. The maximum Gasteiger partial charge on any atom is 0.147 e. The molecule has 10 fully saturated rings. The largest absolute Gasteiger partial charge is 0.496 e. The van der Waals surface area contributed by atoms with Crippen molar-refractivity contribution >= 4 is 16.6 Å². The Morgan fingerprint density at radius 1 is 0.553 bits per heavy atom. The van der Waals surface area contributed by atoms with Crippen molar-refractivity contribution in [2.75, 3.05) is 14.2 Å². The molecule has 0 unspecified atom stereocenters. The monoisotopic (exact) mass is 624 g/mol. The molecule has 12 aliphatic carbocycles. The summed E-state index contributed by atoms with van der Waals surface area (Å²) in [5, 5.41) is 2.47. The molecule has 47 heavy (non-hydrogen) atoms. The minimum absolute atomic E-state index is 0.281. The number of methoxy groups -OCH3 is 2. The Morgan fingerprint density at radius 2 is 0.936 bits per heavy atom. The number of hydrogen-bond acceptors (Lipinski definition) is 3. The fourth-order valence-corrected chi connectivity index (χ4v) is 21.3. The van der Waals surface area contributed by atoms with E-state index in [4.69, 9.17) is 9.47 Å². The van der Waals surface area contributed by atoms with Crippen LogP contribution in [0, 0.1) is 116 Å². The van der Waals surface area contributed by atoms with E-state index in [1.165, 1.54) is 41.2 Å². The number of hydrogen-bond donors (Lipinski definition) is 0. The summed E-state index contributed by atoms with van der Waals surface area (Å²) in [6.45, 7) is 11.2. The number of rotatable bonds is 2. The average Bonchev–Trinajstić information content (AvgIpc) is 3.96. The lowest BCUT2D eigenvalue weighted by atomic mass is 9.13. The first-order valence-corrected chi connectivity index (χ1v) is 19.6. The fourth-order valence-electron chi connectivity index (χ4n) is 21.3. The maximum atomic E-state index is 13.3. The number of allylic oxidation sites excluding steroid dienone is 2. The van der Waals surface area contributed by atoms with Crippen molar-refractivity contribution in [1.82, 2.24) is 0 Å². The van der Waals surface area contributed by atoms with Gasteiger partial charge in [-0.3, -0.25) is 4.79 Å². The van der Waals surface area contributed by atoms with Crippen molar-refractivity contribution in [2.45, 2.75) is 58.8 Å². The van der Waals surface area contributed by atoms with Gasteiger partial charge in [-0.15, -0.1) is 0 Å². The van der Waals surface area contributed by atoms with Gasteiger partial charge >= 0.3 is 0 Å². The van der Waals surface area contributed by atoms with E-state index in [0.29, 0.717) is 51.1 Å². The second-order valence-electron chi connectivity index (χ2n) is 20.3. The number of carbonyl (C=O) groups excluding carboxylic acids is 1. The summed E-state index contributed by atoms with van der Waals surface area (Å²) < 4.78 is 12.7. The SMILES string of the molecule is COc1c2c(c(OC)c3ccccc13)[C@@H]1C[C@H]2[C@@H]2[C@H]1[C@@]1(C)[C@@H]3[C@@H]4C[C@@H]([C@@H]5[C@H]4[C@@]4(C)[C@@H]6[C@@H]7C[C@@H]([C@@H]8[C@H]7[C@@H]7C=C[C@H]8C7=O)[C@@H]6[C@@]54C)[C@@H]3[C@@]21C. The Labute approximate surface area is 278 Å². The Balaban J connectivity index is 0.880. The minimum Gasteiger partial charge on any atom is -0.496 e. The molecular weight excluding hydrogens is 576 g/mol. The summed E-state index contributed by atoms with van der Waals surface area (Å²) in [6.07, 6.45) is 8.99. The third-order valence-electron chi connectivity index (χ3n) is 21.4. The van der Waals surface area contributed by atoms with Crippen molar-refractivity contribution in [1.29, 1.82) is 0 Å². The van der Waals surface area contributed by atoms with Gasteiger partial charge in [0.2, 0.25) is 0 Å². The fraction of sp³-hybridized carbons (Fsp3) is 0.705. The highest BCUT2D eigenvalue weighted by atomic mass is 16.5. The van der Waals surface area contributed by atoms with Crippen LogP contribution in [0.5, 0.6) is 11.5 Å². The molecule has 3 heteroatoms. The van der Waals surface area contributed by atoms with Gasteiger partial charge in [-0.05, 0) is 136 Å². The van der Waals surface area contributed by atoms with Gasteiger partial charge in [0, 0.05) is 33.7 Å². The second kappa shape index (κ2) is 6.87. The Morgan fingerprint density at radius 3 is 1.36 bits per heavy atom. The molecule has 0 amide bonds. The predicted molar refractivity (Wildman–Crippen MR) is 179 cm³/mol. The molecule has 14 rings (SSSR count). The molecule has 0 aliphatic heterocycles. The summed E-state index contributed by atoms with van der Waals surface area (Å²) in [4.78, 5) is 13.3. The minimum atomic E-state index is 0.281. The van der Waals surface area contributed by atoms with E-state index in [1.54, 1.807) is 0 Å². The zero-order chi connectivity index (χ0) is 31.2. The maximum absolute atomic E-state index is 13.3. The Kier molecular flexibility index (Phi) is 3.75. The van der Waals surface area contributed by atoms with Crippen LogP contribution in [0.25, 0.3) is 10.8 Å². The first-order valence-electron chi connectivity index (χ1n) is 19.6. The van der Waals surface area contributed by atoms with Gasteiger partial charge in [0.1, 0.15) is 17.3 Å². The molecule has 22 atom stereocenters. The number of benzene rings is 2. The molecule has 0 aromatic heterocycles. The summed E-state index contributed by atoms with van der Waals surface area (Å²) >= 11 is 0. The quantitative estimate of drug-likeness (QED) is 0.191. The van der Waals surface area contributed by atoms with E-state index >= 15 is 0 Å². The number of ether oxygens (including phenoxy) is 2. The molecule has 12 aliphatic rings. The van der Waals surface area contributed by atoms with Crippen molar-refractivity contribution in [3.63, 3.8) is 0 Å². The third-order valence-corrected chi connectivity index (χ3v) is 21.4. The van der Waals surface area contributed by atoms with Gasteiger partial charge in [-0.2, -0.15) is 0 Å². The highest BCUT2D eigenvalue weighted by Crippen LogP contribution is 3.01. The second-order valence-corrected chi connectivity index (χ2v) is 20.3. The standard InChI is InChI=1S/C44H48O3/c1-41-30-20-13-21(27-19-12-11-18(26(20)27)38(19)45)31(30)42(41,2)35-25-15-24(34(35)41)36-37(25)44(4)33-23-14-22(32(33)43(36,44)3)28-29(23)40(47-6)17-10-8-7-9-16(17)39(28)46-5/h7-12,18-27,30-37H,13-15H2,1-6H3/t18-,19+,20+,21-,22-,23+,24+,25-,26-,27+,30+,31-,32-,33+,34-,35+,36+,37-,41+,42-,43-,44+. The van der Waals surface area contributed by atoms with Crippen LogP contribution in [-0.2, 0) is 4.79 Å². The van der Waals surface area contributed by atoms with Crippen molar-refractivity contribution in [3.05, 3.63) is 47.5 Å². The van der Waals surface area contributed by atoms with Crippen LogP contribution in [0.4, 0.5) is 0 Å². The summed E-state index contributed by atoms with van der Waals surface area (Å²) in [5.74, 6) is 16.8. The average molecular weight is 625 g/mol. The summed E-state index contributed by atoms with van der Waals surface area (Å²) in [7, 11) is 3.81. The van der Waals surface area contributed by atoms with Crippen LogP contribution in [-0.4, -0.2) is 20.0 Å². The first-order chi connectivity index (χ1) is 22.7. The van der Waals surface area contributed by atoms with Crippen LogP contribution in [0.3, 0.4) is 0 Å². The van der Waals surface area contributed by atoms with E-state index in [-0.39, 0.29) is 11.8 Å². The molecule has 3 nitrogen and oxygen atoms in total. The molecule has 2 aromatic carbocycles. The van der Waals surface area contributed by atoms with E-state index in [0.717, 1.165) is 82.5 Å². The van der Waals surface area contributed by atoms with Crippen LogP contribution < -0.4 is 9.47 Å². The van der Waals surface area contributed by atoms with E-state index < -0.39 is 0 Å². The Hall–Kier alpha value is -2.29. The number of carbonyl (C=O) groups is 1. The molecule has 0 heterocycles. The van der Waals surface area contributed by atoms with E-state index in [9.17, 15) is 4.79 Å². The van der Waals surface area contributed by atoms with Gasteiger partial charge in [0.05, 0.1) is 14.2 Å². The molecule has 2 aromatic rings. The summed E-state index contributed by atoms with van der Waals surface area (Å²) in [5.41, 5.74) is 5.01. The van der Waals surface area contributed by atoms with E-state index in [2.05, 4.69) is 64.1 Å². The number of fused-ring (bicyclic) bond motifs is 39. The zero-order valence-corrected chi connectivity index (χ0v) is 28.7. The molecule has 0 saturated heterocycles. The van der Waals surface area contributed by atoms with Gasteiger partial charge < -0.3 is 9.47 Å². The van der Waals surface area contributed by atoms with Gasteiger partial charge in [0.15, 0.2) is 0 Å². The molecule has 0 radical (unpaired) electrons. The highest BCUT2D eigenvalue weighted by molar-refractivity contribution is 5.97. The van der Waals surface area contributed by atoms with Crippen molar-refractivity contribution in [3.8, 4) is 11.5 Å². The van der Waals surface area contributed by atoms with Gasteiger partial charge in [0.25, 0.3) is 0 Å². The number of Topliss-reactive ketones (excluding diaryl/α,β-unsaturated/α-hetero) is 1. The van der Waals surface area contributed by atoms with Crippen LogP contribution in [0.2, 0.25) is 0 Å². The molecule has 10 saturated carbocycles. The third kappa shape index (κ3) is 1.91. The van der Waals surface area contributed by atoms with Gasteiger partial charge in [-0.1, -0.05) is 64.1 Å². The number of ketones is 1. The molecule has 8 bridgehead atoms. The Bertz CT molecular complexity index is 1860. The van der Waals surface area contributed by atoms with Gasteiger partial charge in [-0.25, -0.2) is 0 Å². The predicted octanol–water partition coefficient (Wildman–Crippen LogP) is 8.37. The van der Waals surface area contributed by atoms with Crippen LogP contribution >= 0.6 is 0 Å². The van der Waals surface area contributed by atoms with Crippen LogP contribution in [0.15, 0.2) is 36.4 Å². The zero-order valence-electron chi connectivity index (χ0n) is 28.7.